The molecule has 1 aromatic heterocycles. The van der Waals surface area contributed by atoms with Crippen LogP contribution in [0.25, 0.3) is 0 Å². The number of alkyl halides is 3. The van der Waals surface area contributed by atoms with Crippen molar-refractivity contribution in [2.75, 3.05) is 41.2 Å². The number of morpholine rings is 1. The molecule has 2 aromatic carbocycles. The second-order valence-corrected chi connectivity index (χ2v) is 8.85. The Kier molecular flexibility index (Phi) is 6.75. The Labute approximate surface area is 193 Å². The van der Waals surface area contributed by atoms with Crippen LogP contribution in [-0.2, 0) is 14.8 Å². The van der Waals surface area contributed by atoms with Gasteiger partial charge < -0.3 is 19.7 Å². The number of hydrogen-bond acceptors (Lipinski definition) is 8. The van der Waals surface area contributed by atoms with Gasteiger partial charge in [-0.1, -0.05) is 12.1 Å². The largest absolute Gasteiger partial charge is 0.573 e. The molecule has 0 atom stereocenters. The summed E-state index contributed by atoms with van der Waals surface area (Å²) in [6, 6.07) is 12.5. The zero-order chi connectivity index (χ0) is 24.2. The van der Waals surface area contributed by atoms with Crippen LogP contribution < -0.4 is 19.7 Å². The van der Waals surface area contributed by atoms with E-state index in [1.165, 1.54) is 24.3 Å². The number of ether oxygens (including phenoxy) is 2. The lowest BCUT2D eigenvalue weighted by molar-refractivity contribution is -0.275. The minimum atomic E-state index is -5.03. The Morgan fingerprint density at radius 3 is 2.38 bits per heavy atom. The Morgan fingerprint density at radius 1 is 1.00 bits per heavy atom. The number of nitrogens with one attached hydrogen (secondary N) is 2. The lowest BCUT2D eigenvalue weighted by Crippen LogP contribution is -2.36. The van der Waals surface area contributed by atoms with Crippen molar-refractivity contribution in [2.45, 2.75) is 11.3 Å². The zero-order valence-electron chi connectivity index (χ0n) is 17.6. The lowest BCUT2D eigenvalue weighted by atomic mass is 10.3. The molecule has 4 rings (SSSR count). The fraction of sp³-hybridized carbons (Fsp3) is 0.238. The maximum atomic E-state index is 12.7. The van der Waals surface area contributed by atoms with Gasteiger partial charge in [0.25, 0.3) is 10.0 Å². The van der Waals surface area contributed by atoms with Gasteiger partial charge in [0.05, 0.1) is 25.1 Å². The molecule has 34 heavy (non-hydrogen) atoms. The summed E-state index contributed by atoms with van der Waals surface area (Å²) in [5, 5.41) is 11.2. The molecule has 0 radical (unpaired) electrons. The Balaban J connectivity index is 1.46. The SMILES string of the molecule is O=S(=O)(Nc1ccc(Nc2cc(N3CCOCC3)cnn2)cc1)c1ccccc1OC(F)(F)F. The fourth-order valence-electron chi connectivity index (χ4n) is 3.27. The molecule has 0 saturated carbocycles. The number of para-hydroxylation sites is 1. The van der Waals surface area contributed by atoms with Gasteiger partial charge >= 0.3 is 6.36 Å². The van der Waals surface area contributed by atoms with Gasteiger partial charge in [-0.15, -0.1) is 18.3 Å². The van der Waals surface area contributed by atoms with E-state index in [0.717, 1.165) is 30.9 Å². The molecular formula is C21H20F3N5O4S. The summed E-state index contributed by atoms with van der Waals surface area (Å²) in [5.74, 6) is -0.324. The van der Waals surface area contributed by atoms with Gasteiger partial charge in [0, 0.05) is 30.5 Å². The summed E-state index contributed by atoms with van der Waals surface area (Å²) in [4.78, 5) is 1.49. The second kappa shape index (κ2) is 9.73. The molecule has 0 spiro atoms. The van der Waals surface area contributed by atoms with Crippen LogP contribution in [0.1, 0.15) is 0 Å². The van der Waals surface area contributed by atoms with Gasteiger partial charge in [0.15, 0.2) is 5.82 Å². The number of sulfonamides is 1. The van der Waals surface area contributed by atoms with Crippen molar-refractivity contribution >= 4 is 32.9 Å². The van der Waals surface area contributed by atoms with Crippen molar-refractivity contribution < 1.29 is 31.1 Å². The average Bonchev–Trinajstić information content (AvgIpc) is 2.80. The van der Waals surface area contributed by atoms with E-state index >= 15 is 0 Å². The molecule has 13 heteroatoms. The highest BCUT2D eigenvalue weighted by molar-refractivity contribution is 7.92. The quantitative estimate of drug-likeness (QED) is 0.511. The topological polar surface area (TPSA) is 106 Å². The molecule has 1 saturated heterocycles. The summed E-state index contributed by atoms with van der Waals surface area (Å²) in [7, 11) is -4.34. The molecule has 0 amide bonds. The molecule has 0 aliphatic carbocycles. The normalized spacial score (nSPS) is 14.5. The Bertz CT molecular complexity index is 1230. The predicted octanol–water partition coefficient (Wildman–Crippen LogP) is 3.76. The van der Waals surface area contributed by atoms with Gasteiger partial charge in [-0.3, -0.25) is 4.72 Å². The summed E-state index contributed by atoms with van der Waals surface area (Å²) in [5.41, 5.74) is 1.66. The predicted molar refractivity (Wildman–Crippen MR) is 119 cm³/mol. The number of nitrogens with zero attached hydrogens (tertiary/aromatic N) is 3. The third-order valence-electron chi connectivity index (χ3n) is 4.79. The highest BCUT2D eigenvalue weighted by Crippen LogP contribution is 2.31. The number of hydrogen-bond donors (Lipinski definition) is 2. The first-order valence-electron chi connectivity index (χ1n) is 10.1. The number of halogens is 3. The molecular weight excluding hydrogens is 475 g/mol. The van der Waals surface area contributed by atoms with Crippen LogP contribution in [0, 0.1) is 0 Å². The first-order chi connectivity index (χ1) is 16.2. The highest BCUT2D eigenvalue weighted by atomic mass is 32.2. The lowest BCUT2D eigenvalue weighted by Gasteiger charge is -2.28. The molecule has 1 aliphatic heterocycles. The second-order valence-electron chi connectivity index (χ2n) is 7.20. The number of benzene rings is 2. The minimum absolute atomic E-state index is 0.153. The third kappa shape index (κ3) is 6.05. The summed E-state index contributed by atoms with van der Waals surface area (Å²) in [6.07, 6.45) is -3.37. The zero-order valence-corrected chi connectivity index (χ0v) is 18.4. The smallest absolute Gasteiger partial charge is 0.404 e. The molecule has 2 heterocycles. The van der Waals surface area contributed by atoms with E-state index in [-0.39, 0.29) is 5.69 Å². The molecule has 0 bridgehead atoms. The Morgan fingerprint density at radius 2 is 1.68 bits per heavy atom. The van der Waals surface area contributed by atoms with Crippen LogP contribution in [-0.4, -0.2) is 51.3 Å². The van der Waals surface area contributed by atoms with E-state index in [0.29, 0.717) is 24.7 Å². The maximum absolute atomic E-state index is 12.7. The van der Waals surface area contributed by atoms with Gasteiger partial charge in [-0.25, -0.2) is 8.42 Å². The molecule has 1 aliphatic rings. The van der Waals surface area contributed by atoms with Gasteiger partial charge in [0.1, 0.15) is 10.6 Å². The van der Waals surface area contributed by atoms with E-state index < -0.39 is 27.0 Å². The van der Waals surface area contributed by atoms with Crippen LogP contribution >= 0.6 is 0 Å². The van der Waals surface area contributed by atoms with Crippen LogP contribution in [0.15, 0.2) is 65.7 Å². The average molecular weight is 495 g/mol. The van der Waals surface area contributed by atoms with Crippen LogP contribution in [0.3, 0.4) is 0 Å². The van der Waals surface area contributed by atoms with Crippen LogP contribution in [0.4, 0.5) is 36.1 Å². The van der Waals surface area contributed by atoms with E-state index in [1.54, 1.807) is 18.3 Å². The molecule has 3 aromatic rings. The summed E-state index contributed by atoms with van der Waals surface area (Å²) < 4.78 is 74.7. The first kappa shape index (κ1) is 23.6. The van der Waals surface area contributed by atoms with Crippen molar-refractivity contribution in [2.24, 2.45) is 0 Å². The number of anilines is 4. The van der Waals surface area contributed by atoms with Crippen molar-refractivity contribution in [1.29, 1.82) is 0 Å². The summed E-state index contributed by atoms with van der Waals surface area (Å²) in [6.45, 7) is 2.76. The van der Waals surface area contributed by atoms with E-state index in [4.69, 9.17) is 4.74 Å². The van der Waals surface area contributed by atoms with Crippen molar-refractivity contribution in [3.63, 3.8) is 0 Å². The molecule has 180 valence electrons. The molecule has 2 N–H and O–H groups in total. The van der Waals surface area contributed by atoms with Crippen molar-refractivity contribution in [3.05, 3.63) is 60.8 Å². The number of aromatic nitrogens is 2. The molecule has 1 fully saturated rings. The van der Waals surface area contributed by atoms with Gasteiger partial charge in [-0.2, -0.15) is 5.10 Å². The van der Waals surface area contributed by atoms with E-state index in [2.05, 4.69) is 29.9 Å². The molecule has 9 nitrogen and oxygen atoms in total. The van der Waals surface area contributed by atoms with Gasteiger partial charge in [-0.05, 0) is 36.4 Å². The third-order valence-corrected chi connectivity index (χ3v) is 6.21. The van der Waals surface area contributed by atoms with Crippen molar-refractivity contribution in [3.8, 4) is 5.75 Å². The maximum Gasteiger partial charge on any atom is 0.573 e. The standard InChI is InChI=1S/C21H20F3N5O4S/c22-21(23,24)33-18-3-1-2-4-19(18)34(30,31)28-16-7-5-15(6-8-16)26-20-13-17(14-25-27-20)29-9-11-32-12-10-29/h1-8,13-14,28H,9-12H2,(H,26,27). The Hall–Kier alpha value is -3.58. The van der Waals surface area contributed by atoms with Crippen molar-refractivity contribution in [1.82, 2.24) is 10.2 Å². The summed E-state index contributed by atoms with van der Waals surface area (Å²) >= 11 is 0. The highest BCUT2D eigenvalue weighted by Gasteiger charge is 2.34. The number of rotatable bonds is 7. The minimum Gasteiger partial charge on any atom is -0.404 e. The van der Waals surface area contributed by atoms with E-state index in [9.17, 15) is 21.6 Å². The van der Waals surface area contributed by atoms with Gasteiger partial charge in [0.2, 0.25) is 0 Å². The van der Waals surface area contributed by atoms with Crippen LogP contribution in [0.5, 0.6) is 5.75 Å². The van der Waals surface area contributed by atoms with E-state index in [1.807, 2.05) is 6.07 Å². The van der Waals surface area contributed by atoms with Crippen LogP contribution in [0.2, 0.25) is 0 Å². The molecule has 0 unspecified atom stereocenters. The monoisotopic (exact) mass is 495 g/mol. The fourth-order valence-corrected chi connectivity index (χ4v) is 4.46. The first-order valence-corrected chi connectivity index (χ1v) is 11.6.